The molecule has 2 aromatic rings. The van der Waals surface area contributed by atoms with Crippen LogP contribution in [0.3, 0.4) is 0 Å². The lowest BCUT2D eigenvalue weighted by Gasteiger charge is -2.33. The van der Waals surface area contributed by atoms with Crippen molar-refractivity contribution in [3.05, 3.63) is 59.7 Å². The van der Waals surface area contributed by atoms with Crippen LogP contribution in [-0.4, -0.2) is 49.4 Å². The van der Waals surface area contributed by atoms with Crippen LogP contribution in [0.5, 0.6) is 0 Å². The number of para-hydroxylation sites is 2. The lowest BCUT2D eigenvalue weighted by molar-refractivity contribution is 0.0973. The van der Waals surface area contributed by atoms with E-state index in [0.29, 0.717) is 35.6 Å². The zero-order valence-electron chi connectivity index (χ0n) is 16.3. The average Bonchev–Trinajstić information content (AvgIpc) is 2.71. The molecule has 142 valence electrons. The third-order valence-electron chi connectivity index (χ3n) is 5.19. The third-order valence-corrected chi connectivity index (χ3v) is 5.19. The SMILES string of the molecule is CCN(CC)CCN1C(=O)c2ccccc2N(CC)C(=O)c2ccccc21. The van der Waals surface area contributed by atoms with Gasteiger partial charge in [-0.25, -0.2) is 0 Å². The summed E-state index contributed by atoms with van der Waals surface area (Å²) in [5.74, 6) is -0.128. The first-order valence-corrected chi connectivity index (χ1v) is 9.66. The number of likely N-dealkylation sites (N-methyl/N-ethyl adjacent to an activating group) is 1. The molecule has 0 bridgehead atoms. The van der Waals surface area contributed by atoms with Crippen LogP contribution in [0, 0.1) is 0 Å². The van der Waals surface area contributed by atoms with Crippen LogP contribution in [0.1, 0.15) is 41.5 Å². The normalized spacial score (nSPS) is 14.1. The molecule has 0 N–H and O–H groups in total. The Bertz CT molecular complexity index is 830. The van der Waals surface area contributed by atoms with E-state index < -0.39 is 0 Å². The van der Waals surface area contributed by atoms with Gasteiger partial charge in [-0.2, -0.15) is 0 Å². The van der Waals surface area contributed by atoms with Gasteiger partial charge in [0.1, 0.15) is 0 Å². The second kappa shape index (κ2) is 8.35. The molecule has 0 saturated heterocycles. The van der Waals surface area contributed by atoms with E-state index in [9.17, 15) is 9.59 Å². The number of carbonyl (C=O) groups is 2. The van der Waals surface area contributed by atoms with Gasteiger partial charge < -0.3 is 14.7 Å². The minimum absolute atomic E-state index is 0.0591. The van der Waals surface area contributed by atoms with E-state index in [2.05, 4.69) is 18.7 Å². The van der Waals surface area contributed by atoms with Gasteiger partial charge >= 0.3 is 0 Å². The number of hydrogen-bond donors (Lipinski definition) is 0. The number of nitrogens with zero attached hydrogens (tertiary/aromatic N) is 3. The smallest absolute Gasteiger partial charge is 0.260 e. The van der Waals surface area contributed by atoms with Crippen molar-refractivity contribution in [3.63, 3.8) is 0 Å². The van der Waals surface area contributed by atoms with Crippen molar-refractivity contribution in [2.75, 3.05) is 42.5 Å². The van der Waals surface area contributed by atoms with E-state index >= 15 is 0 Å². The zero-order chi connectivity index (χ0) is 19.4. The lowest BCUT2D eigenvalue weighted by Crippen LogP contribution is -2.43. The molecule has 27 heavy (non-hydrogen) atoms. The van der Waals surface area contributed by atoms with Crippen LogP contribution >= 0.6 is 0 Å². The van der Waals surface area contributed by atoms with Crippen LogP contribution < -0.4 is 9.80 Å². The molecule has 2 amide bonds. The molecular formula is C22H27N3O2. The lowest BCUT2D eigenvalue weighted by atomic mass is 10.0. The molecule has 0 spiro atoms. The molecule has 0 radical (unpaired) electrons. The minimum atomic E-state index is -0.0686. The number of carbonyl (C=O) groups excluding carboxylic acids is 2. The van der Waals surface area contributed by atoms with Crippen molar-refractivity contribution < 1.29 is 9.59 Å². The van der Waals surface area contributed by atoms with E-state index in [0.717, 1.165) is 19.6 Å². The van der Waals surface area contributed by atoms with Crippen LogP contribution in [0.25, 0.3) is 0 Å². The maximum absolute atomic E-state index is 13.5. The number of fused-ring (bicyclic) bond motifs is 2. The molecule has 1 aliphatic rings. The maximum Gasteiger partial charge on any atom is 0.260 e. The Morgan fingerprint density at radius 1 is 0.741 bits per heavy atom. The van der Waals surface area contributed by atoms with Gasteiger partial charge in [0.05, 0.1) is 22.5 Å². The van der Waals surface area contributed by atoms with Crippen molar-refractivity contribution >= 4 is 23.2 Å². The largest absolute Gasteiger partial charge is 0.308 e. The molecule has 0 fully saturated rings. The highest BCUT2D eigenvalue weighted by Crippen LogP contribution is 2.32. The summed E-state index contributed by atoms with van der Waals surface area (Å²) in [6.45, 7) is 9.85. The molecule has 2 aromatic carbocycles. The number of hydrogen-bond acceptors (Lipinski definition) is 3. The van der Waals surface area contributed by atoms with E-state index in [-0.39, 0.29) is 11.8 Å². The molecule has 5 heteroatoms. The molecule has 0 saturated carbocycles. The van der Waals surface area contributed by atoms with E-state index in [1.165, 1.54) is 0 Å². The Labute approximate surface area is 161 Å². The van der Waals surface area contributed by atoms with Crippen molar-refractivity contribution in [2.24, 2.45) is 0 Å². The van der Waals surface area contributed by atoms with Gasteiger partial charge in [-0.3, -0.25) is 9.59 Å². The van der Waals surface area contributed by atoms with Gasteiger partial charge in [0.2, 0.25) is 0 Å². The Hall–Kier alpha value is -2.66. The predicted octanol–water partition coefficient (Wildman–Crippen LogP) is 3.66. The standard InChI is InChI=1S/C22H27N3O2/c1-4-23(5-2)15-16-25-20-14-10-8-12-18(20)21(26)24(6-3)19-13-9-7-11-17(19)22(25)27/h7-14H,4-6,15-16H2,1-3H3. The van der Waals surface area contributed by atoms with Gasteiger partial charge in [0.25, 0.3) is 11.8 Å². The van der Waals surface area contributed by atoms with Crippen molar-refractivity contribution in [2.45, 2.75) is 20.8 Å². The Morgan fingerprint density at radius 3 is 1.74 bits per heavy atom. The van der Waals surface area contributed by atoms with Gasteiger partial charge in [0, 0.05) is 19.6 Å². The van der Waals surface area contributed by atoms with E-state index in [1.807, 2.05) is 55.5 Å². The topological polar surface area (TPSA) is 43.9 Å². The van der Waals surface area contributed by atoms with Crippen LogP contribution in [0.15, 0.2) is 48.5 Å². The van der Waals surface area contributed by atoms with Gasteiger partial charge in [-0.1, -0.05) is 38.1 Å². The second-order valence-corrected chi connectivity index (χ2v) is 6.57. The van der Waals surface area contributed by atoms with Crippen molar-refractivity contribution in [1.82, 2.24) is 4.90 Å². The summed E-state index contributed by atoms with van der Waals surface area (Å²) in [6, 6.07) is 14.8. The van der Waals surface area contributed by atoms with Gasteiger partial charge in [-0.05, 0) is 44.3 Å². The fourth-order valence-electron chi connectivity index (χ4n) is 3.61. The van der Waals surface area contributed by atoms with Gasteiger partial charge in [-0.15, -0.1) is 0 Å². The highest BCUT2D eigenvalue weighted by atomic mass is 16.2. The summed E-state index contributed by atoms with van der Waals surface area (Å²) in [5.41, 5.74) is 2.51. The van der Waals surface area contributed by atoms with E-state index in [4.69, 9.17) is 0 Å². The highest BCUT2D eigenvalue weighted by molar-refractivity contribution is 6.20. The summed E-state index contributed by atoms with van der Waals surface area (Å²) in [5, 5.41) is 0. The second-order valence-electron chi connectivity index (χ2n) is 6.57. The number of benzene rings is 2. The molecule has 3 rings (SSSR count). The zero-order valence-corrected chi connectivity index (χ0v) is 16.3. The van der Waals surface area contributed by atoms with Gasteiger partial charge in [0.15, 0.2) is 0 Å². The quantitative estimate of drug-likeness (QED) is 0.785. The summed E-state index contributed by atoms with van der Waals surface area (Å²) >= 11 is 0. The number of anilines is 2. The summed E-state index contributed by atoms with van der Waals surface area (Å²) in [4.78, 5) is 32.5. The third kappa shape index (κ3) is 3.60. The minimum Gasteiger partial charge on any atom is -0.308 e. The van der Waals surface area contributed by atoms with E-state index in [1.54, 1.807) is 9.80 Å². The average molecular weight is 365 g/mol. The Balaban J connectivity index is 2.11. The van der Waals surface area contributed by atoms with Crippen LogP contribution in [0.2, 0.25) is 0 Å². The first kappa shape index (κ1) is 19.1. The molecule has 0 unspecified atom stereocenters. The maximum atomic E-state index is 13.5. The predicted molar refractivity (Wildman–Crippen MR) is 110 cm³/mol. The summed E-state index contributed by atoms with van der Waals surface area (Å²) in [7, 11) is 0. The molecule has 0 aliphatic carbocycles. The molecule has 0 atom stereocenters. The molecule has 0 aromatic heterocycles. The van der Waals surface area contributed by atoms with Crippen molar-refractivity contribution in [1.29, 1.82) is 0 Å². The first-order valence-electron chi connectivity index (χ1n) is 9.66. The first-order chi connectivity index (χ1) is 13.1. The highest BCUT2D eigenvalue weighted by Gasteiger charge is 2.31. The number of amides is 2. The molecule has 1 aliphatic heterocycles. The molecular weight excluding hydrogens is 338 g/mol. The molecule has 1 heterocycles. The summed E-state index contributed by atoms with van der Waals surface area (Å²) in [6.07, 6.45) is 0. The fourth-order valence-corrected chi connectivity index (χ4v) is 3.61. The fraction of sp³-hybridized carbons (Fsp3) is 0.364. The Morgan fingerprint density at radius 2 is 1.22 bits per heavy atom. The van der Waals surface area contributed by atoms with Crippen LogP contribution in [0.4, 0.5) is 11.4 Å². The monoisotopic (exact) mass is 365 g/mol. The number of rotatable bonds is 6. The van der Waals surface area contributed by atoms with Crippen molar-refractivity contribution in [3.8, 4) is 0 Å². The molecule has 5 nitrogen and oxygen atoms in total. The van der Waals surface area contributed by atoms with Crippen LogP contribution in [-0.2, 0) is 0 Å². The summed E-state index contributed by atoms with van der Waals surface area (Å²) < 4.78 is 0. The Kier molecular flexibility index (Phi) is 5.91.